The summed E-state index contributed by atoms with van der Waals surface area (Å²) in [5.41, 5.74) is 6.22. The van der Waals surface area contributed by atoms with Gasteiger partial charge < -0.3 is 14.9 Å². The zero-order valence-corrected chi connectivity index (χ0v) is 13.2. The lowest BCUT2D eigenvalue weighted by Crippen LogP contribution is -2.29. The minimum Gasteiger partial charge on any atom is -0.497 e. The first-order chi connectivity index (χ1) is 11.1. The predicted octanol–water partition coefficient (Wildman–Crippen LogP) is 1.61. The summed E-state index contributed by atoms with van der Waals surface area (Å²) >= 11 is 0. The SMILES string of the molecule is COc1ccc(-c2nnc([C@H](C)N3CC[C@@H](C(N)=O)C3)o2)cc1. The van der Waals surface area contributed by atoms with E-state index in [4.69, 9.17) is 14.9 Å². The van der Waals surface area contributed by atoms with Gasteiger partial charge in [-0.25, -0.2) is 0 Å². The van der Waals surface area contributed by atoms with Gasteiger partial charge in [-0.15, -0.1) is 10.2 Å². The molecule has 1 aliphatic rings. The highest BCUT2D eigenvalue weighted by atomic mass is 16.5. The molecule has 1 aliphatic heterocycles. The molecule has 1 aromatic heterocycles. The number of hydrogen-bond donors (Lipinski definition) is 1. The molecule has 1 fully saturated rings. The highest BCUT2D eigenvalue weighted by Gasteiger charge is 2.32. The summed E-state index contributed by atoms with van der Waals surface area (Å²) < 4.78 is 10.9. The fraction of sp³-hybridized carbons (Fsp3) is 0.438. The van der Waals surface area contributed by atoms with Crippen molar-refractivity contribution in [1.82, 2.24) is 15.1 Å². The zero-order valence-electron chi connectivity index (χ0n) is 13.2. The molecule has 7 nitrogen and oxygen atoms in total. The number of carbonyl (C=O) groups excluding carboxylic acids is 1. The van der Waals surface area contributed by atoms with Crippen molar-refractivity contribution in [3.8, 4) is 17.2 Å². The quantitative estimate of drug-likeness (QED) is 0.900. The van der Waals surface area contributed by atoms with Gasteiger partial charge in [0.2, 0.25) is 17.7 Å². The summed E-state index contributed by atoms with van der Waals surface area (Å²) in [6, 6.07) is 7.40. The monoisotopic (exact) mass is 316 g/mol. The van der Waals surface area contributed by atoms with Crippen LogP contribution in [0.3, 0.4) is 0 Å². The van der Waals surface area contributed by atoms with E-state index < -0.39 is 0 Å². The summed E-state index contributed by atoms with van der Waals surface area (Å²) in [6.45, 7) is 3.43. The fourth-order valence-electron chi connectivity index (χ4n) is 2.78. The molecule has 2 heterocycles. The van der Waals surface area contributed by atoms with Crippen molar-refractivity contribution >= 4 is 5.91 Å². The van der Waals surface area contributed by atoms with Gasteiger partial charge in [-0.2, -0.15) is 0 Å². The van der Waals surface area contributed by atoms with Crippen LogP contribution in [0.5, 0.6) is 5.75 Å². The van der Waals surface area contributed by atoms with Crippen LogP contribution in [0.25, 0.3) is 11.5 Å². The first-order valence-electron chi connectivity index (χ1n) is 7.59. The average molecular weight is 316 g/mol. The molecule has 2 aromatic rings. The maximum atomic E-state index is 11.3. The number of aromatic nitrogens is 2. The molecular weight excluding hydrogens is 296 g/mol. The van der Waals surface area contributed by atoms with Crippen molar-refractivity contribution in [2.45, 2.75) is 19.4 Å². The number of likely N-dealkylation sites (tertiary alicyclic amines) is 1. The summed E-state index contributed by atoms with van der Waals surface area (Å²) in [5, 5.41) is 8.26. The topological polar surface area (TPSA) is 94.5 Å². The molecular formula is C16H20N4O3. The largest absolute Gasteiger partial charge is 0.497 e. The average Bonchev–Trinajstić information content (AvgIpc) is 3.24. The van der Waals surface area contributed by atoms with Crippen molar-refractivity contribution in [1.29, 1.82) is 0 Å². The number of nitrogens with two attached hydrogens (primary N) is 1. The number of methoxy groups -OCH3 is 1. The maximum Gasteiger partial charge on any atom is 0.247 e. The molecule has 0 radical (unpaired) electrons. The summed E-state index contributed by atoms with van der Waals surface area (Å²) in [5.74, 6) is 1.45. The van der Waals surface area contributed by atoms with Crippen molar-refractivity contribution in [2.24, 2.45) is 11.7 Å². The van der Waals surface area contributed by atoms with E-state index in [0.29, 0.717) is 18.3 Å². The van der Waals surface area contributed by atoms with E-state index in [-0.39, 0.29) is 17.9 Å². The Balaban J connectivity index is 1.72. The van der Waals surface area contributed by atoms with Crippen molar-refractivity contribution in [2.75, 3.05) is 20.2 Å². The summed E-state index contributed by atoms with van der Waals surface area (Å²) in [6.07, 6.45) is 0.777. The van der Waals surface area contributed by atoms with Crippen LogP contribution in [0.15, 0.2) is 28.7 Å². The number of rotatable bonds is 5. The lowest BCUT2D eigenvalue weighted by atomic mass is 10.1. The van der Waals surface area contributed by atoms with Gasteiger partial charge in [0.05, 0.1) is 19.1 Å². The number of carbonyl (C=O) groups is 1. The normalized spacial score (nSPS) is 19.7. The summed E-state index contributed by atoms with van der Waals surface area (Å²) in [7, 11) is 1.62. The molecule has 0 bridgehead atoms. The van der Waals surface area contributed by atoms with Crippen LogP contribution in [0.2, 0.25) is 0 Å². The Morgan fingerprint density at radius 1 is 1.39 bits per heavy atom. The smallest absolute Gasteiger partial charge is 0.247 e. The minimum atomic E-state index is -0.246. The van der Waals surface area contributed by atoms with E-state index in [1.165, 1.54) is 0 Å². The number of nitrogens with zero attached hydrogens (tertiary/aromatic N) is 3. The minimum absolute atomic E-state index is 0.0427. The Bertz CT molecular complexity index is 683. The molecule has 1 saturated heterocycles. The van der Waals surface area contributed by atoms with Crippen LogP contribution in [-0.4, -0.2) is 41.2 Å². The van der Waals surface area contributed by atoms with E-state index in [0.717, 1.165) is 24.3 Å². The van der Waals surface area contributed by atoms with Gasteiger partial charge in [0.1, 0.15) is 5.75 Å². The molecule has 122 valence electrons. The fourth-order valence-corrected chi connectivity index (χ4v) is 2.78. The molecule has 2 N–H and O–H groups in total. The standard InChI is InChI=1S/C16H20N4O3/c1-10(20-8-7-12(9-20)14(17)21)15-18-19-16(23-15)11-3-5-13(22-2)6-4-11/h3-6,10,12H,7-9H2,1-2H3,(H2,17,21)/t10-,12+/m0/s1. The third-order valence-corrected chi connectivity index (χ3v) is 4.30. The summed E-state index contributed by atoms with van der Waals surface area (Å²) in [4.78, 5) is 13.4. The Morgan fingerprint density at radius 2 is 2.13 bits per heavy atom. The Kier molecular flexibility index (Phi) is 4.29. The van der Waals surface area contributed by atoms with E-state index in [1.54, 1.807) is 7.11 Å². The van der Waals surface area contributed by atoms with Gasteiger partial charge in [-0.1, -0.05) is 0 Å². The third kappa shape index (κ3) is 3.19. The highest BCUT2D eigenvalue weighted by molar-refractivity contribution is 5.77. The molecule has 0 saturated carbocycles. The molecule has 1 aromatic carbocycles. The van der Waals surface area contributed by atoms with Crippen LogP contribution in [0.4, 0.5) is 0 Å². The first-order valence-corrected chi connectivity index (χ1v) is 7.59. The van der Waals surface area contributed by atoms with Gasteiger partial charge in [0, 0.05) is 12.1 Å². The lowest BCUT2D eigenvalue weighted by Gasteiger charge is -2.20. The van der Waals surface area contributed by atoms with Gasteiger partial charge in [0.25, 0.3) is 0 Å². The van der Waals surface area contributed by atoms with Crippen molar-refractivity contribution < 1.29 is 13.9 Å². The van der Waals surface area contributed by atoms with Crippen LogP contribution in [0.1, 0.15) is 25.3 Å². The van der Waals surface area contributed by atoms with Crippen LogP contribution in [0, 0.1) is 5.92 Å². The maximum absolute atomic E-state index is 11.3. The van der Waals surface area contributed by atoms with Crippen LogP contribution in [-0.2, 0) is 4.79 Å². The predicted molar refractivity (Wildman–Crippen MR) is 83.6 cm³/mol. The van der Waals surface area contributed by atoms with Crippen LogP contribution < -0.4 is 10.5 Å². The number of primary amides is 1. The Labute approximate surface area is 134 Å². The number of hydrogen-bond acceptors (Lipinski definition) is 6. The second-order valence-electron chi connectivity index (χ2n) is 5.73. The van der Waals surface area contributed by atoms with E-state index in [9.17, 15) is 4.79 Å². The number of amides is 1. The molecule has 0 aliphatic carbocycles. The molecule has 2 atom stereocenters. The van der Waals surface area contributed by atoms with E-state index in [1.807, 2.05) is 31.2 Å². The lowest BCUT2D eigenvalue weighted by molar-refractivity contribution is -0.121. The number of benzene rings is 1. The Hall–Kier alpha value is -2.41. The highest BCUT2D eigenvalue weighted by Crippen LogP contribution is 2.29. The molecule has 7 heteroatoms. The zero-order chi connectivity index (χ0) is 16.4. The second kappa shape index (κ2) is 6.37. The molecule has 0 unspecified atom stereocenters. The molecule has 3 rings (SSSR count). The van der Waals surface area contributed by atoms with E-state index >= 15 is 0 Å². The number of ether oxygens (including phenoxy) is 1. The Morgan fingerprint density at radius 3 is 2.74 bits per heavy atom. The van der Waals surface area contributed by atoms with Gasteiger partial charge in [-0.05, 0) is 44.2 Å². The second-order valence-corrected chi connectivity index (χ2v) is 5.73. The van der Waals surface area contributed by atoms with Gasteiger partial charge in [-0.3, -0.25) is 9.69 Å². The first kappa shape index (κ1) is 15.5. The van der Waals surface area contributed by atoms with E-state index in [2.05, 4.69) is 15.1 Å². The van der Waals surface area contributed by atoms with Crippen molar-refractivity contribution in [3.63, 3.8) is 0 Å². The molecule has 0 spiro atoms. The molecule has 1 amide bonds. The van der Waals surface area contributed by atoms with Crippen LogP contribution >= 0.6 is 0 Å². The van der Waals surface area contributed by atoms with Gasteiger partial charge in [0.15, 0.2) is 0 Å². The third-order valence-electron chi connectivity index (χ3n) is 4.30. The molecule has 23 heavy (non-hydrogen) atoms. The van der Waals surface area contributed by atoms with Gasteiger partial charge >= 0.3 is 0 Å². The van der Waals surface area contributed by atoms with Crippen molar-refractivity contribution in [3.05, 3.63) is 30.2 Å².